The molecule has 0 radical (unpaired) electrons. The molecule has 1 unspecified atom stereocenters. The van der Waals surface area contributed by atoms with Crippen LogP contribution in [0, 0.1) is 0 Å². The fourth-order valence-electron chi connectivity index (χ4n) is 3.37. The molecule has 2 aromatic rings. The van der Waals surface area contributed by atoms with Crippen LogP contribution in [0.15, 0.2) is 39.8 Å². The molecule has 1 atom stereocenters. The summed E-state index contributed by atoms with van der Waals surface area (Å²) in [6.45, 7) is 4.56. The van der Waals surface area contributed by atoms with Crippen molar-refractivity contribution in [1.29, 1.82) is 0 Å². The first kappa shape index (κ1) is 22.3. The SMILES string of the molecule is CCc1cc(CNC(=NC)NC2CCCN(c3ccccc3OC)C2)on1.I. The predicted molar refractivity (Wildman–Crippen MR) is 123 cm³/mol. The number of halogens is 1. The number of piperidine rings is 1. The number of anilines is 1. The maximum atomic E-state index is 5.52. The van der Waals surface area contributed by atoms with Gasteiger partial charge in [-0.3, -0.25) is 4.99 Å². The van der Waals surface area contributed by atoms with Gasteiger partial charge in [-0.15, -0.1) is 24.0 Å². The van der Waals surface area contributed by atoms with Gasteiger partial charge in [-0.1, -0.05) is 24.2 Å². The van der Waals surface area contributed by atoms with Crippen LogP contribution in [0.3, 0.4) is 0 Å². The van der Waals surface area contributed by atoms with E-state index in [4.69, 9.17) is 9.26 Å². The lowest BCUT2D eigenvalue weighted by molar-refractivity contribution is 0.374. The lowest BCUT2D eigenvalue weighted by Gasteiger charge is -2.36. The van der Waals surface area contributed by atoms with E-state index in [0.717, 1.165) is 61.2 Å². The van der Waals surface area contributed by atoms with Crippen LogP contribution in [0.1, 0.15) is 31.2 Å². The van der Waals surface area contributed by atoms with Crippen LogP contribution in [0.5, 0.6) is 5.75 Å². The number of nitrogens with one attached hydrogen (secondary N) is 2. The van der Waals surface area contributed by atoms with E-state index in [9.17, 15) is 0 Å². The minimum atomic E-state index is 0. The molecule has 0 spiro atoms. The molecule has 1 aromatic heterocycles. The average Bonchev–Trinajstić information content (AvgIpc) is 3.19. The van der Waals surface area contributed by atoms with E-state index in [1.54, 1.807) is 14.2 Å². The van der Waals surface area contributed by atoms with Crippen LogP contribution in [0.4, 0.5) is 5.69 Å². The van der Waals surface area contributed by atoms with Gasteiger partial charge in [0.15, 0.2) is 11.7 Å². The van der Waals surface area contributed by atoms with Crippen molar-refractivity contribution in [2.75, 3.05) is 32.1 Å². The van der Waals surface area contributed by atoms with E-state index in [0.29, 0.717) is 12.6 Å². The highest BCUT2D eigenvalue weighted by Crippen LogP contribution is 2.29. The van der Waals surface area contributed by atoms with Gasteiger partial charge in [0.1, 0.15) is 5.75 Å². The number of hydrogen-bond donors (Lipinski definition) is 2. The zero-order valence-electron chi connectivity index (χ0n) is 16.8. The Bertz CT molecular complexity index is 765. The highest BCUT2D eigenvalue weighted by molar-refractivity contribution is 14.0. The Morgan fingerprint density at radius 3 is 2.93 bits per heavy atom. The Morgan fingerprint density at radius 2 is 2.21 bits per heavy atom. The molecule has 1 saturated heterocycles. The number of rotatable bonds is 6. The molecule has 154 valence electrons. The number of aromatic nitrogens is 1. The topological polar surface area (TPSA) is 74.9 Å². The van der Waals surface area contributed by atoms with Gasteiger partial charge in [0, 0.05) is 32.2 Å². The molecule has 0 aliphatic carbocycles. The van der Waals surface area contributed by atoms with Gasteiger partial charge in [0.25, 0.3) is 0 Å². The first-order chi connectivity index (χ1) is 13.2. The van der Waals surface area contributed by atoms with Crippen molar-refractivity contribution >= 4 is 35.6 Å². The fraction of sp³-hybridized carbons (Fsp3) is 0.500. The molecule has 0 bridgehead atoms. The van der Waals surface area contributed by atoms with Gasteiger partial charge in [0.2, 0.25) is 0 Å². The molecular formula is C20H30IN5O2. The van der Waals surface area contributed by atoms with Crippen LogP contribution in [-0.2, 0) is 13.0 Å². The summed E-state index contributed by atoms with van der Waals surface area (Å²) in [6.07, 6.45) is 3.10. The van der Waals surface area contributed by atoms with Crippen molar-refractivity contribution in [1.82, 2.24) is 15.8 Å². The molecule has 3 rings (SSSR count). The van der Waals surface area contributed by atoms with Crippen molar-refractivity contribution in [2.45, 2.75) is 38.8 Å². The Kier molecular flexibility index (Phi) is 8.88. The molecule has 0 saturated carbocycles. The minimum Gasteiger partial charge on any atom is -0.495 e. The van der Waals surface area contributed by atoms with Crippen LogP contribution >= 0.6 is 24.0 Å². The van der Waals surface area contributed by atoms with Crippen LogP contribution < -0.4 is 20.3 Å². The second-order valence-electron chi connectivity index (χ2n) is 6.67. The number of guanidine groups is 1. The monoisotopic (exact) mass is 499 g/mol. The van der Waals surface area contributed by atoms with Gasteiger partial charge in [0.05, 0.1) is 25.0 Å². The number of nitrogens with zero attached hydrogens (tertiary/aromatic N) is 3. The standard InChI is InChI=1S/C20H29N5O2.HI/c1-4-15-12-17(27-24-15)13-22-20(21-2)23-16-8-7-11-25(14-16)18-9-5-6-10-19(18)26-3;/h5-6,9-10,12,16H,4,7-8,11,13-14H2,1-3H3,(H2,21,22,23);1H. The summed E-state index contributed by atoms with van der Waals surface area (Å²) in [5.74, 6) is 2.50. The molecule has 2 N–H and O–H groups in total. The average molecular weight is 499 g/mol. The van der Waals surface area contributed by atoms with Crippen molar-refractivity contribution in [2.24, 2.45) is 4.99 Å². The number of ether oxygens (including phenoxy) is 1. The van der Waals surface area contributed by atoms with Gasteiger partial charge >= 0.3 is 0 Å². The van der Waals surface area contributed by atoms with Gasteiger partial charge in [-0.05, 0) is 31.4 Å². The summed E-state index contributed by atoms with van der Waals surface area (Å²) in [5.41, 5.74) is 2.11. The second kappa shape index (κ2) is 11.1. The Hall–Kier alpha value is -1.97. The third-order valence-corrected chi connectivity index (χ3v) is 4.81. The van der Waals surface area contributed by atoms with Crippen molar-refractivity contribution in [3.8, 4) is 5.75 Å². The smallest absolute Gasteiger partial charge is 0.191 e. The lowest BCUT2D eigenvalue weighted by Crippen LogP contribution is -2.51. The summed E-state index contributed by atoms with van der Waals surface area (Å²) >= 11 is 0. The highest BCUT2D eigenvalue weighted by atomic mass is 127. The summed E-state index contributed by atoms with van der Waals surface area (Å²) in [5, 5.41) is 10.9. The van der Waals surface area contributed by atoms with Gasteiger partial charge in [-0.25, -0.2) is 0 Å². The van der Waals surface area contributed by atoms with E-state index in [2.05, 4.69) is 44.7 Å². The quantitative estimate of drug-likeness (QED) is 0.362. The summed E-state index contributed by atoms with van der Waals surface area (Å²) in [6, 6.07) is 10.5. The molecule has 8 heteroatoms. The zero-order valence-corrected chi connectivity index (χ0v) is 19.1. The molecule has 0 amide bonds. The zero-order chi connectivity index (χ0) is 19.1. The third kappa shape index (κ3) is 5.76. The maximum Gasteiger partial charge on any atom is 0.191 e. The van der Waals surface area contributed by atoms with Crippen molar-refractivity contribution < 1.29 is 9.26 Å². The molecule has 1 fully saturated rings. The number of aliphatic imine (C=N–C) groups is 1. The maximum absolute atomic E-state index is 5.52. The molecule has 2 heterocycles. The predicted octanol–water partition coefficient (Wildman–Crippen LogP) is 3.20. The van der Waals surface area contributed by atoms with E-state index in [1.165, 1.54) is 0 Å². The Labute approximate surface area is 183 Å². The number of methoxy groups -OCH3 is 1. The molecule has 7 nitrogen and oxygen atoms in total. The molecule has 1 aromatic carbocycles. The van der Waals surface area contributed by atoms with Crippen LogP contribution in [0.2, 0.25) is 0 Å². The molecule has 28 heavy (non-hydrogen) atoms. The number of hydrogen-bond acceptors (Lipinski definition) is 5. The molecular weight excluding hydrogens is 469 g/mol. The van der Waals surface area contributed by atoms with E-state index in [1.807, 2.05) is 18.2 Å². The largest absolute Gasteiger partial charge is 0.495 e. The summed E-state index contributed by atoms with van der Waals surface area (Å²) in [4.78, 5) is 6.72. The lowest BCUT2D eigenvalue weighted by atomic mass is 10.0. The first-order valence-electron chi connectivity index (χ1n) is 9.53. The van der Waals surface area contributed by atoms with E-state index < -0.39 is 0 Å². The Balaban J connectivity index is 0.00000280. The van der Waals surface area contributed by atoms with Gasteiger partial charge < -0.3 is 24.8 Å². The molecule has 1 aliphatic rings. The Morgan fingerprint density at radius 1 is 1.39 bits per heavy atom. The van der Waals surface area contributed by atoms with Gasteiger partial charge in [-0.2, -0.15) is 0 Å². The number of benzene rings is 1. The molecule has 1 aliphatic heterocycles. The van der Waals surface area contributed by atoms with Crippen LogP contribution in [0.25, 0.3) is 0 Å². The highest BCUT2D eigenvalue weighted by Gasteiger charge is 2.22. The fourth-order valence-corrected chi connectivity index (χ4v) is 3.37. The van der Waals surface area contributed by atoms with Crippen molar-refractivity contribution in [3.63, 3.8) is 0 Å². The van der Waals surface area contributed by atoms with E-state index >= 15 is 0 Å². The number of aryl methyl sites for hydroxylation is 1. The third-order valence-electron chi connectivity index (χ3n) is 4.81. The van der Waals surface area contributed by atoms with E-state index in [-0.39, 0.29) is 24.0 Å². The normalized spacial score (nSPS) is 17.0. The van der Waals surface area contributed by atoms with Crippen LogP contribution in [-0.4, -0.2) is 44.4 Å². The summed E-state index contributed by atoms with van der Waals surface area (Å²) < 4.78 is 10.8. The number of para-hydroxylation sites is 2. The second-order valence-corrected chi connectivity index (χ2v) is 6.67. The van der Waals surface area contributed by atoms with Crippen molar-refractivity contribution in [3.05, 3.63) is 41.8 Å². The minimum absolute atomic E-state index is 0. The summed E-state index contributed by atoms with van der Waals surface area (Å²) in [7, 11) is 3.51. The first-order valence-corrected chi connectivity index (χ1v) is 9.53.